The van der Waals surface area contributed by atoms with Crippen LogP contribution in [-0.4, -0.2) is 94.0 Å². The van der Waals surface area contributed by atoms with Gasteiger partial charge in [0.15, 0.2) is 12.6 Å². The van der Waals surface area contributed by atoms with Crippen LogP contribution in [0.15, 0.2) is 97.1 Å². The van der Waals surface area contributed by atoms with Gasteiger partial charge in [0.2, 0.25) is 0 Å². The van der Waals surface area contributed by atoms with E-state index in [0.717, 1.165) is 54.7 Å². The van der Waals surface area contributed by atoms with E-state index in [9.17, 15) is 29.4 Å². The number of morpholine rings is 1. The van der Waals surface area contributed by atoms with Crippen molar-refractivity contribution in [3.63, 3.8) is 0 Å². The second kappa shape index (κ2) is 16.0. The summed E-state index contributed by atoms with van der Waals surface area (Å²) in [6, 6.07) is 27.3. The van der Waals surface area contributed by atoms with Crippen molar-refractivity contribution in [2.45, 2.75) is 0 Å². The van der Waals surface area contributed by atoms with Gasteiger partial charge in [-0.2, -0.15) is 0 Å². The van der Waals surface area contributed by atoms with E-state index in [-0.39, 0.29) is 34.2 Å². The number of carbonyl (C=O) groups excluding carboxylic acids is 3. The lowest BCUT2D eigenvalue weighted by Crippen LogP contribution is -2.41. The number of benzene rings is 4. The quantitative estimate of drug-likeness (QED) is 0.138. The summed E-state index contributed by atoms with van der Waals surface area (Å²) in [5, 5.41) is 34.3. The maximum Gasteiger partial charge on any atom is 0.354 e. The monoisotopic (exact) mass is 698 g/mol. The molecule has 1 aliphatic rings. The lowest BCUT2D eigenvalue weighted by molar-refractivity contribution is 0.0383. The fraction of sp³-hybridized carbons (Fsp3) is 0.150. The van der Waals surface area contributed by atoms with Gasteiger partial charge in [-0.1, -0.05) is 48.5 Å². The molecule has 3 heterocycles. The molecule has 12 nitrogen and oxygen atoms in total. The molecule has 0 aliphatic carbocycles. The number of rotatable bonds is 9. The maximum absolute atomic E-state index is 12.5. The number of carbonyl (C=O) groups is 4. The fourth-order valence-corrected chi connectivity index (χ4v) is 5.93. The molecule has 7 rings (SSSR count). The summed E-state index contributed by atoms with van der Waals surface area (Å²) in [5.74, 6) is -1.41. The average molecular weight is 699 g/mol. The summed E-state index contributed by atoms with van der Waals surface area (Å²) in [7, 11) is 0. The van der Waals surface area contributed by atoms with Crippen molar-refractivity contribution in [3.05, 3.63) is 120 Å². The van der Waals surface area contributed by atoms with E-state index in [1.165, 1.54) is 18.2 Å². The molecule has 0 atom stereocenters. The summed E-state index contributed by atoms with van der Waals surface area (Å²) >= 11 is 0. The molecule has 6 aromatic rings. The smallest absolute Gasteiger partial charge is 0.354 e. The van der Waals surface area contributed by atoms with Gasteiger partial charge in [-0.25, -0.2) is 14.8 Å². The van der Waals surface area contributed by atoms with Gasteiger partial charge < -0.3 is 25.4 Å². The van der Waals surface area contributed by atoms with Crippen LogP contribution in [-0.2, 0) is 4.74 Å². The number of phenols is 2. The third-order valence-electron chi connectivity index (χ3n) is 8.67. The molecule has 1 aliphatic heterocycles. The zero-order valence-electron chi connectivity index (χ0n) is 27.9. The first-order valence-corrected chi connectivity index (χ1v) is 16.4. The van der Waals surface area contributed by atoms with Crippen LogP contribution in [0.4, 0.5) is 0 Å². The first kappa shape index (κ1) is 35.3. The van der Waals surface area contributed by atoms with Gasteiger partial charge in [0.1, 0.15) is 22.9 Å². The molecular formula is C40H34N4O8. The summed E-state index contributed by atoms with van der Waals surface area (Å²) < 4.78 is 5.33. The van der Waals surface area contributed by atoms with Crippen LogP contribution in [0.5, 0.6) is 11.5 Å². The lowest BCUT2D eigenvalue weighted by atomic mass is 10.0. The number of aromatic nitrogens is 2. The number of fused-ring (bicyclic) bond motifs is 2. The molecule has 12 heteroatoms. The van der Waals surface area contributed by atoms with E-state index in [1.807, 2.05) is 18.2 Å². The van der Waals surface area contributed by atoms with E-state index in [2.05, 4.69) is 20.2 Å². The number of amides is 1. The van der Waals surface area contributed by atoms with Crippen LogP contribution in [0.1, 0.15) is 41.7 Å². The third-order valence-corrected chi connectivity index (χ3v) is 8.67. The van der Waals surface area contributed by atoms with Gasteiger partial charge in [-0.3, -0.25) is 19.3 Å². The van der Waals surface area contributed by atoms with Crippen molar-refractivity contribution in [2.24, 2.45) is 0 Å². The van der Waals surface area contributed by atoms with Crippen LogP contribution in [0.2, 0.25) is 0 Å². The Morgan fingerprint density at radius 2 is 1.23 bits per heavy atom. The molecule has 2 aromatic heterocycles. The molecule has 1 amide bonds. The minimum atomic E-state index is -1.09. The molecule has 262 valence electrons. The van der Waals surface area contributed by atoms with Crippen molar-refractivity contribution in [1.29, 1.82) is 0 Å². The molecule has 0 spiro atoms. The number of hydrogen-bond donors (Lipinski definition) is 4. The highest BCUT2D eigenvalue weighted by Crippen LogP contribution is 2.31. The highest BCUT2D eigenvalue weighted by molar-refractivity contribution is 6.03. The molecular weight excluding hydrogens is 664 g/mol. The molecule has 1 saturated heterocycles. The van der Waals surface area contributed by atoms with Gasteiger partial charge >= 0.3 is 5.97 Å². The molecule has 0 bridgehead atoms. The van der Waals surface area contributed by atoms with E-state index in [1.54, 1.807) is 60.7 Å². The first-order chi connectivity index (χ1) is 25.2. The molecule has 4 N–H and O–H groups in total. The van der Waals surface area contributed by atoms with Gasteiger partial charge in [-0.05, 0) is 70.1 Å². The summed E-state index contributed by atoms with van der Waals surface area (Å²) in [4.78, 5) is 56.7. The third kappa shape index (κ3) is 7.94. The molecule has 0 saturated carbocycles. The predicted molar refractivity (Wildman–Crippen MR) is 195 cm³/mol. The number of nitrogens with one attached hydrogen (secondary N) is 1. The van der Waals surface area contributed by atoms with Crippen LogP contribution in [0.3, 0.4) is 0 Å². The number of aromatic carboxylic acids is 1. The first-order valence-electron chi connectivity index (χ1n) is 16.4. The average Bonchev–Trinajstić information content (AvgIpc) is 3.18. The Balaban J connectivity index is 0.000000187. The number of pyridine rings is 2. The number of aromatic hydroxyl groups is 2. The summed E-state index contributed by atoms with van der Waals surface area (Å²) in [6.07, 6.45) is 1.26. The van der Waals surface area contributed by atoms with Crippen molar-refractivity contribution in [3.8, 4) is 34.0 Å². The Hall–Kier alpha value is -6.50. The number of carboxylic acids is 1. The summed E-state index contributed by atoms with van der Waals surface area (Å²) in [6.45, 7) is 4.57. The summed E-state index contributed by atoms with van der Waals surface area (Å²) in [5.41, 5.74) is 3.58. The Bertz CT molecular complexity index is 2300. The SMILES string of the molecule is O=Cc1c(O)ccc2cc(-c3cccc(C(=O)NCCN4CCOCC4)n3)ccc12.O=Cc1c(O)ccc2cc(-c3cccc(C(=O)O)n3)ccc12. The second-order valence-corrected chi connectivity index (χ2v) is 11.9. The number of aldehydes is 2. The van der Waals surface area contributed by atoms with Crippen LogP contribution in [0.25, 0.3) is 44.1 Å². The fourth-order valence-electron chi connectivity index (χ4n) is 5.93. The molecule has 1 fully saturated rings. The Labute approximate surface area is 298 Å². The topological polar surface area (TPSA) is 179 Å². The Morgan fingerprint density at radius 1 is 0.712 bits per heavy atom. The molecule has 4 aromatic carbocycles. The molecule has 0 radical (unpaired) electrons. The van der Waals surface area contributed by atoms with E-state index >= 15 is 0 Å². The largest absolute Gasteiger partial charge is 0.507 e. The zero-order chi connectivity index (χ0) is 36.6. The highest BCUT2D eigenvalue weighted by Gasteiger charge is 2.14. The van der Waals surface area contributed by atoms with E-state index < -0.39 is 5.97 Å². The van der Waals surface area contributed by atoms with Crippen LogP contribution >= 0.6 is 0 Å². The van der Waals surface area contributed by atoms with E-state index in [0.29, 0.717) is 47.0 Å². The Kier molecular flexibility index (Phi) is 10.9. The maximum atomic E-state index is 12.5. The van der Waals surface area contributed by atoms with Gasteiger partial charge in [0.05, 0.1) is 35.7 Å². The van der Waals surface area contributed by atoms with Crippen LogP contribution < -0.4 is 5.32 Å². The normalized spacial score (nSPS) is 12.8. The number of ether oxygens (including phenoxy) is 1. The number of hydrogen-bond acceptors (Lipinski definition) is 10. The predicted octanol–water partition coefficient (Wildman–Crippen LogP) is 5.60. The number of carboxylic acid groups (broad SMARTS) is 1. The van der Waals surface area contributed by atoms with Crippen molar-refractivity contribution >= 4 is 46.0 Å². The Morgan fingerprint density at radius 3 is 1.75 bits per heavy atom. The molecule has 52 heavy (non-hydrogen) atoms. The van der Waals surface area contributed by atoms with Crippen molar-refractivity contribution in [1.82, 2.24) is 20.2 Å². The van der Waals surface area contributed by atoms with Gasteiger partial charge in [-0.15, -0.1) is 0 Å². The van der Waals surface area contributed by atoms with Gasteiger partial charge in [0, 0.05) is 37.3 Å². The second-order valence-electron chi connectivity index (χ2n) is 11.9. The number of nitrogens with zero attached hydrogens (tertiary/aromatic N) is 3. The lowest BCUT2D eigenvalue weighted by Gasteiger charge is -2.26. The highest BCUT2D eigenvalue weighted by atomic mass is 16.5. The van der Waals surface area contributed by atoms with Crippen LogP contribution in [0, 0.1) is 0 Å². The zero-order valence-corrected chi connectivity index (χ0v) is 27.9. The van der Waals surface area contributed by atoms with E-state index in [4.69, 9.17) is 9.84 Å². The van der Waals surface area contributed by atoms with Crippen molar-refractivity contribution in [2.75, 3.05) is 39.4 Å². The number of phenolic OH excluding ortho intramolecular Hbond substituents is 2. The van der Waals surface area contributed by atoms with Crippen molar-refractivity contribution < 1.29 is 39.2 Å². The van der Waals surface area contributed by atoms with Gasteiger partial charge in [0.25, 0.3) is 5.91 Å². The molecule has 0 unspecified atom stereocenters. The minimum absolute atomic E-state index is 0.0307. The minimum Gasteiger partial charge on any atom is -0.507 e. The standard InChI is InChI=1S/C23H23N3O4.C17H11NO4/c27-15-19-18-6-4-17(14-16(18)5-7-22(19)28)20-2-1-3-21(25-20)23(29)24-8-9-26-10-12-30-13-11-26;19-9-13-12-6-4-11(8-10(12)5-7-16(13)20)14-2-1-3-15(18-14)17(21)22/h1-7,14-15,28H,8-13H2,(H,24,29);1-9,20H,(H,21,22).